The van der Waals surface area contributed by atoms with E-state index in [-0.39, 0.29) is 13.2 Å². The lowest BCUT2D eigenvalue weighted by Crippen LogP contribution is -2.46. The summed E-state index contributed by atoms with van der Waals surface area (Å²) in [5, 5.41) is 0. The van der Waals surface area contributed by atoms with E-state index in [9.17, 15) is 19.2 Å². The highest BCUT2D eigenvalue weighted by molar-refractivity contribution is 6.28. The molecule has 1 saturated heterocycles. The Labute approximate surface area is 145 Å². The van der Waals surface area contributed by atoms with Gasteiger partial charge in [0.1, 0.15) is 0 Å². The van der Waals surface area contributed by atoms with Crippen LogP contribution in [-0.2, 0) is 35.2 Å². The molecule has 1 aromatic rings. The zero-order valence-corrected chi connectivity index (χ0v) is 14.5. The smallest absolute Gasteiger partial charge is 0.329 e. The van der Waals surface area contributed by atoms with Gasteiger partial charge in [-0.15, -0.1) is 0 Å². The third kappa shape index (κ3) is 3.26. The van der Waals surface area contributed by atoms with Gasteiger partial charge >= 0.3 is 11.9 Å². The molecular formula is C18H21NO6. The molecule has 2 atom stereocenters. The summed E-state index contributed by atoms with van der Waals surface area (Å²) in [5.74, 6) is -3.19. The minimum absolute atomic E-state index is 0.0851. The maximum Gasteiger partial charge on any atom is 0.329 e. The van der Waals surface area contributed by atoms with Crippen molar-refractivity contribution in [2.45, 2.75) is 32.9 Å². The lowest BCUT2D eigenvalue weighted by molar-refractivity contribution is -0.167. The van der Waals surface area contributed by atoms with Crippen LogP contribution in [0.25, 0.3) is 0 Å². The van der Waals surface area contributed by atoms with Crippen molar-refractivity contribution in [1.29, 1.82) is 0 Å². The lowest BCUT2D eigenvalue weighted by Gasteiger charge is -2.23. The van der Waals surface area contributed by atoms with E-state index < -0.39 is 41.5 Å². The summed E-state index contributed by atoms with van der Waals surface area (Å²) in [7, 11) is 1.08. The number of hydrogen-bond donors (Lipinski definition) is 0. The van der Waals surface area contributed by atoms with E-state index in [2.05, 4.69) is 4.74 Å². The van der Waals surface area contributed by atoms with Crippen molar-refractivity contribution in [3.63, 3.8) is 0 Å². The molecule has 134 valence electrons. The molecule has 1 aliphatic rings. The third-order valence-electron chi connectivity index (χ3n) is 4.34. The van der Waals surface area contributed by atoms with Crippen LogP contribution in [-0.4, -0.2) is 48.3 Å². The summed E-state index contributed by atoms with van der Waals surface area (Å²) in [4.78, 5) is 51.4. The molecule has 7 nitrogen and oxygen atoms in total. The summed E-state index contributed by atoms with van der Waals surface area (Å²) >= 11 is 0. The molecule has 25 heavy (non-hydrogen) atoms. The molecule has 0 radical (unpaired) electrons. The van der Waals surface area contributed by atoms with Crippen molar-refractivity contribution in [3.8, 4) is 0 Å². The summed E-state index contributed by atoms with van der Waals surface area (Å²) in [5.41, 5.74) is -1.36. The Kier molecular flexibility index (Phi) is 5.56. The van der Waals surface area contributed by atoms with Crippen LogP contribution in [0.4, 0.5) is 0 Å². The molecule has 1 aromatic carbocycles. The minimum Gasteiger partial charge on any atom is -0.468 e. The van der Waals surface area contributed by atoms with Crippen LogP contribution in [0.5, 0.6) is 0 Å². The third-order valence-corrected chi connectivity index (χ3v) is 4.34. The molecule has 0 aromatic heterocycles. The van der Waals surface area contributed by atoms with Crippen LogP contribution in [0.15, 0.2) is 30.3 Å². The van der Waals surface area contributed by atoms with Crippen molar-refractivity contribution in [1.82, 2.24) is 4.90 Å². The fraction of sp³-hybridized carbons (Fsp3) is 0.444. The normalized spacial score (nSPS) is 22.8. The number of Topliss-reactive ketones (excluding diaryl/α,β-unsaturated/α-hetero) is 1. The Hall–Kier alpha value is -2.70. The number of carbonyl (C=O) groups excluding carboxylic acids is 4. The Bertz CT molecular complexity index is 686. The molecule has 0 N–H and O–H groups in total. The minimum atomic E-state index is -2.17. The molecule has 7 heteroatoms. The molecule has 1 heterocycles. The van der Waals surface area contributed by atoms with E-state index in [4.69, 9.17) is 4.74 Å². The summed E-state index contributed by atoms with van der Waals surface area (Å²) in [6, 6.07) is 8.25. The van der Waals surface area contributed by atoms with Crippen molar-refractivity contribution in [2.24, 2.45) is 5.41 Å². The van der Waals surface area contributed by atoms with E-state index in [1.165, 1.54) is 4.90 Å². The number of methoxy groups -OCH3 is 1. The number of ketones is 1. The summed E-state index contributed by atoms with van der Waals surface area (Å²) < 4.78 is 9.53. The van der Waals surface area contributed by atoms with E-state index in [0.717, 1.165) is 12.7 Å². The van der Waals surface area contributed by atoms with Crippen molar-refractivity contribution in [3.05, 3.63) is 35.9 Å². The van der Waals surface area contributed by atoms with Gasteiger partial charge in [-0.25, -0.2) is 0 Å². The van der Waals surface area contributed by atoms with Gasteiger partial charge in [-0.1, -0.05) is 30.3 Å². The van der Waals surface area contributed by atoms with Gasteiger partial charge in [0.15, 0.2) is 5.78 Å². The van der Waals surface area contributed by atoms with E-state index in [1.807, 2.05) is 30.3 Å². The molecule has 0 bridgehead atoms. The number of hydrogen-bond acceptors (Lipinski definition) is 6. The first-order valence-corrected chi connectivity index (χ1v) is 8.01. The van der Waals surface area contributed by atoms with E-state index in [0.29, 0.717) is 0 Å². The van der Waals surface area contributed by atoms with Gasteiger partial charge in [0.25, 0.3) is 0 Å². The van der Waals surface area contributed by atoms with Gasteiger partial charge in [-0.2, -0.15) is 0 Å². The monoisotopic (exact) mass is 347 g/mol. The van der Waals surface area contributed by atoms with E-state index >= 15 is 0 Å². The number of benzene rings is 1. The van der Waals surface area contributed by atoms with Crippen molar-refractivity contribution in [2.75, 3.05) is 13.7 Å². The second-order valence-electron chi connectivity index (χ2n) is 5.84. The second kappa shape index (κ2) is 7.46. The first kappa shape index (κ1) is 18.6. The fourth-order valence-corrected chi connectivity index (χ4v) is 3.04. The number of likely N-dealkylation sites (tertiary alicyclic amines) is 1. The number of nitrogens with zero attached hydrogens (tertiary/aromatic N) is 1. The van der Waals surface area contributed by atoms with E-state index in [1.54, 1.807) is 13.8 Å². The standard InChI is InChI=1S/C18H21NO6/c1-4-25-14(20)10-18(17(23)24-3)15(21)12(2)19(16(18)22)11-13-8-6-5-7-9-13/h5-9,12H,4,10-11H2,1-3H3/t12-,18+/m1/s1. The Balaban J connectivity index is 2.39. The van der Waals surface area contributed by atoms with Crippen LogP contribution in [0.2, 0.25) is 0 Å². The Morgan fingerprint density at radius 1 is 1.20 bits per heavy atom. The molecule has 1 amide bonds. The zero-order valence-electron chi connectivity index (χ0n) is 14.5. The van der Waals surface area contributed by atoms with Crippen LogP contribution < -0.4 is 0 Å². The average molecular weight is 347 g/mol. The number of ether oxygens (including phenoxy) is 2. The average Bonchev–Trinajstić information content (AvgIpc) is 2.78. The lowest BCUT2D eigenvalue weighted by atomic mass is 9.80. The maximum atomic E-state index is 13.0. The predicted molar refractivity (Wildman–Crippen MR) is 87.2 cm³/mol. The first-order chi connectivity index (χ1) is 11.9. The molecule has 2 rings (SSSR count). The van der Waals surface area contributed by atoms with Crippen LogP contribution in [0.3, 0.4) is 0 Å². The Morgan fingerprint density at radius 3 is 2.40 bits per heavy atom. The molecular weight excluding hydrogens is 326 g/mol. The van der Waals surface area contributed by atoms with Gasteiger partial charge in [0, 0.05) is 6.54 Å². The highest BCUT2D eigenvalue weighted by Gasteiger charge is 2.64. The topological polar surface area (TPSA) is 90.0 Å². The highest BCUT2D eigenvalue weighted by Crippen LogP contribution is 2.38. The van der Waals surface area contributed by atoms with Crippen LogP contribution >= 0.6 is 0 Å². The maximum absolute atomic E-state index is 13.0. The first-order valence-electron chi connectivity index (χ1n) is 8.01. The fourth-order valence-electron chi connectivity index (χ4n) is 3.04. The van der Waals surface area contributed by atoms with Gasteiger partial charge in [-0.05, 0) is 19.4 Å². The molecule has 0 unspecified atom stereocenters. The quantitative estimate of drug-likeness (QED) is 0.565. The van der Waals surface area contributed by atoms with Crippen molar-refractivity contribution >= 4 is 23.6 Å². The molecule has 1 fully saturated rings. The Morgan fingerprint density at radius 2 is 1.84 bits per heavy atom. The van der Waals surface area contributed by atoms with Gasteiger partial charge in [0.05, 0.1) is 26.2 Å². The molecule has 1 aliphatic heterocycles. The zero-order chi connectivity index (χ0) is 18.6. The van der Waals surface area contributed by atoms with Crippen LogP contribution in [0.1, 0.15) is 25.8 Å². The van der Waals surface area contributed by atoms with Gasteiger partial charge in [-0.3, -0.25) is 19.2 Å². The van der Waals surface area contributed by atoms with Crippen molar-refractivity contribution < 1.29 is 28.7 Å². The number of carbonyl (C=O) groups is 4. The summed E-state index contributed by atoms with van der Waals surface area (Å²) in [6.07, 6.45) is -0.652. The van der Waals surface area contributed by atoms with Gasteiger partial charge < -0.3 is 14.4 Å². The number of amides is 1. The second-order valence-corrected chi connectivity index (χ2v) is 5.84. The molecule has 0 saturated carbocycles. The molecule has 0 spiro atoms. The predicted octanol–water partition coefficient (Wildman–Crippen LogP) is 1.10. The largest absolute Gasteiger partial charge is 0.468 e. The van der Waals surface area contributed by atoms with Crippen LogP contribution in [0, 0.1) is 5.41 Å². The highest BCUT2D eigenvalue weighted by atomic mass is 16.5. The number of esters is 2. The van der Waals surface area contributed by atoms with Gasteiger partial charge in [0.2, 0.25) is 11.3 Å². The molecule has 0 aliphatic carbocycles. The summed E-state index contributed by atoms with van der Waals surface area (Å²) in [6.45, 7) is 3.39. The number of rotatable bonds is 6. The SMILES string of the molecule is CCOC(=O)C[C@]1(C(=O)OC)C(=O)[C@@H](C)N(Cc2ccccc2)C1=O.